The van der Waals surface area contributed by atoms with Crippen LogP contribution in [0.3, 0.4) is 0 Å². The average molecular weight is 1690 g/mol. The van der Waals surface area contributed by atoms with Crippen molar-refractivity contribution in [2.75, 3.05) is 9.80 Å². The molecule has 2 aliphatic rings. The molecule has 0 fully saturated rings. The van der Waals surface area contributed by atoms with Crippen molar-refractivity contribution in [1.29, 1.82) is 0 Å². The number of aromatic nitrogens is 4. The van der Waals surface area contributed by atoms with E-state index >= 15 is 0 Å². The summed E-state index contributed by atoms with van der Waals surface area (Å²) in [6, 6.07) is 66.6. The summed E-state index contributed by atoms with van der Waals surface area (Å²) in [6.07, 6.45) is 0. The summed E-state index contributed by atoms with van der Waals surface area (Å²) < 4.78 is 178. The Hall–Kier alpha value is -14.0. The van der Waals surface area contributed by atoms with E-state index < -0.39 is 103 Å². The molecule has 0 atom stereocenters. The van der Waals surface area contributed by atoms with E-state index in [2.05, 4.69) is 307 Å². The second kappa shape index (κ2) is 27.3. The maximum atomic E-state index is 10.4. The fourth-order valence-corrected chi connectivity index (χ4v) is 20.7. The zero-order valence-corrected chi connectivity index (χ0v) is 75.8. The van der Waals surface area contributed by atoms with Gasteiger partial charge in [-0.2, -0.15) is 0 Å². The third-order valence-corrected chi connectivity index (χ3v) is 27.5. The topological polar surface area (TPSA) is 52.5 Å². The van der Waals surface area contributed by atoms with E-state index in [1.807, 2.05) is 36.4 Å². The molecule has 0 bridgehead atoms. The van der Waals surface area contributed by atoms with Gasteiger partial charge in [0.05, 0.1) is 94.5 Å². The maximum absolute atomic E-state index is 10.4. The van der Waals surface area contributed by atoms with Gasteiger partial charge in [-0.05, 0) is 221 Å². The Bertz CT molecular complexity index is 9310. The first kappa shape index (κ1) is 63.0. The number of fused-ring (bicyclic) bond motifs is 22. The molecule has 8 heterocycles. The summed E-state index contributed by atoms with van der Waals surface area (Å²) in [5.41, 5.74) is 20.4. The zero-order valence-electron chi connectivity index (χ0n) is 91.8. The highest BCUT2D eigenvalue weighted by atomic mass is 16.3. The first-order valence-electron chi connectivity index (χ1n) is 52.7. The summed E-state index contributed by atoms with van der Waals surface area (Å²) in [4.78, 5) is 4.44. The molecule has 2 aliphatic heterocycles. The minimum Gasteiger partial charge on any atom is -0.452 e. The van der Waals surface area contributed by atoms with Gasteiger partial charge in [-0.1, -0.05) is 306 Å². The van der Waals surface area contributed by atoms with Crippen LogP contribution < -0.4 is 26.2 Å². The molecule has 0 saturated heterocycles. The first-order valence-corrected chi connectivity index (χ1v) is 44.7. The number of anilines is 6. The summed E-state index contributed by atoms with van der Waals surface area (Å²) in [5.74, 6) is 0. The van der Waals surface area contributed by atoms with E-state index in [1.165, 1.54) is 15.7 Å². The van der Waals surface area contributed by atoms with Crippen LogP contribution in [-0.2, 0) is 32.5 Å². The lowest BCUT2D eigenvalue weighted by molar-refractivity contribution is 0.569. The van der Waals surface area contributed by atoms with Crippen molar-refractivity contribution in [3.63, 3.8) is 0 Å². The standard InChI is InChI=1S/C120H105BN6O2/c1-115(2,3)72-48-55-98-88(63-72)89-64-73(116(4,5)6)49-56-99(89)122(98)78-52-54-93-107(67-78)127(105-46-30-38-87-84-35-27-43-102(111(84)128-114(87)105)124-96-41-25-21-33-82(96)83-34-22-26-42-97(83)124)109-69-79(123-94-39-23-19-31-80(94)81-32-20-24-40-95(81)123)68-108-110(109)121(93)92-53-47-70(71-59-76(119(13,14)15)62-77(60-71)120(16,17)18)61-106(92)126(108)104-45-29-37-86-85-36-28-44-103(112(85)129-113(86)104)125-100-57-50-74(117(7,8)9)65-90(100)91-66-75(118(10,11)12)51-58-101(91)125/h19-69H,1-18H3/i19D,20D,21D,22D,23D,24D,25D,26D,31D,32D,33D,34D,39D,40D,41D,42D. The van der Waals surface area contributed by atoms with Crippen LogP contribution in [0.4, 0.5) is 34.1 Å². The maximum Gasteiger partial charge on any atom is 0.252 e. The number of hydrogen-bond donors (Lipinski definition) is 0. The molecular formula is C120H105BN6O2. The minimum atomic E-state index is -0.731. The van der Waals surface area contributed by atoms with Crippen LogP contribution in [0.5, 0.6) is 0 Å². The van der Waals surface area contributed by atoms with Crippen LogP contribution in [-0.4, -0.2) is 25.0 Å². The molecule has 630 valence electrons. The molecule has 0 aliphatic carbocycles. The summed E-state index contributed by atoms with van der Waals surface area (Å²) in [7, 11) is 0. The Morgan fingerprint density at radius 1 is 0.225 bits per heavy atom. The smallest absolute Gasteiger partial charge is 0.252 e. The second-order valence-electron chi connectivity index (χ2n) is 41.8. The van der Waals surface area contributed by atoms with Crippen molar-refractivity contribution >= 4 is 188 Å². The van der Waals surface area contributed by atoms with E-state index in [1.54, 1.807) is 16.7 Å². The minimum absolute atomic E-state index is 0.0985. The summed E-state index contributed by atoms with van der Waals surface area (Å²) in [6.45, 7) is 39.5. The Labute approximate surface area is 776 Å². The molecule has 16 aromatic carbocycles. The summed E-state index contributed by atoms with van der Waals surface area (Å²) in [5, 5.41) is 6.57. The fourth-order valence-electron chi connectivity index (χ4n) is 20.7. The van der Waals surface area contributed by atoms with Crippen molar-refractivity contribution in [3.8, 4) is 33.9 Å². The number of furan rings is 2. The number of para-hydroxylation sites is 8. The van der Waals surface area contributed by atoms with Crippen molar-refractivity contribution in [3.05, 3.63) is 342 Å². The third kappa shape index (κ3) is 11.8. The molecule has 0 saturated carbocycles. The SMILES string of the molecule is [2H]c1c([2H])c([2H])c2c(c1[2H])c1c([2H])c([2H])c([2H])c([2H])c1n2-c1cc2c3c(c1)N(c1cccc4c1oc1c(-n5c6c([2H])c([2H])c([2H])c([2H])c6c6c([2H])c([2H])c([2H])c([2H])c65)cccc14)c1cc(-n4c5ccc(C(C)(C)C)cc5c5cc(C(C)(C)C)ccc54)ccc1B3c1ccc(-c3cc(C(C)(C)C)cc(C(C)(C)C)c3)cc1N2c1cccc2c1oc1c(-n3c4ccc(C(C)(C)C)cc4c4cc(C(C)(C)C)ccc43)cccc12. The van der Waals surface area contributed by atoms with Crippen LogP contribution in [0.15, 0.2) is 318 Å². The van der Waals surface area contributed by atoms with Gasteiger partial charge in [-0.25, -0.2) is 0 Å². The quantitative estimate of drug-likeness (QED) is 0.149. The molecule has 0 amide bonds. The molecule has 0 spiro atoms. The zero-order chi connectivity index (χ0) is 102. The highest BCUT2D eigenvalue weighted by Crippen LogP contribution is 2.54. The number of benzene rings is 16. The lowest BCUT2D eigenvalue weighted by Gasteiger charge is -2.44. The molecule has 24 rings (SSSR count). The number of rotatable bonds is 7. The van der Waals surface area contributed by atoms with Gasteiger partial charge < -0.3 is 36.9 Å². The highest BCUT2D eigenvalue weighted by Gasteiger charge is 2.46. The predicted molar refractivity (Wildman–Crippen MR) is 550 cm³/mol. The van der Waals surface area contributed by atoms with Crippen LogP contribution in [0.2, 0.25) is 0 Å². The largest absolute Gasteiger partial charge is 0.452 e. The predicted octanol–water partition coefficient (Wildman–Crippen LogP) is 31.4. The number of hydrogen-bond acceptors (Lipinski definition) is 4. The Morgan fingerprint density at radius 2 is 0.535 bits per heavy atom. The van der Waals surface area contributed by atoms with Crippen LogP contribution >= 0.6 is 0 Å². The molecular weight excluding hydrogens is 1570 g/mol. The van der Waals surface area contributed by atoms with E-state index in [9.17, 15) is 19.2 Å². The van der Waals surface area contributed by atoms with E-state index in [0.29, 0.717) is 56.0 Å². The van der Waals surface area contributed by atoms with Gasteiger partial charge in [-0.15, -0.1) is 0 Å². The Morgan fingerprint density at radius 3 is 0.915 bits per heavy atom. The molecule has 0 N–H and O–H groups in total. The molecule has 0 unspecified atom stereocenters. The van der Waals surface area contributed by atoms with Gasteiger partial charge >= 0.3 is 0 Å². The lowest BCUT2D eigenvalue weighted by Crippen LogP contribution is -2.61. The second-order valence-corrected chi connectivity index (χ2v) is 41.8. The van der Waals surface area contributed by atoms with Gasteiger partial charge in [0.25, 0.3) is 6.71 Å². The van der Waals surface area contributed by atoms with Gasteiger partial charge in [-0.3, -0.25) is 0 Å². The van der Waals surface area contributed by atoms with E-state index in [-0.39, 0.29) is 93.1 Å². The van der Waals surface area contributed by atoms with Gasteiger partial charge in [0.2, 0.25) is 0 Å². The number of nitrogens with zero attached hydrogens (tertiary/aromatic N) is 6. The molecule has 8 nitrogen and oxygen atoms in total. The van der Waals surface area contributed by atoms with Crippen LogP contribution in [0.25, 0.3) is 165 Å². The van der Waals surface area contributed by atoms with Crippen LogP contribution in [0, 0.1) is 0 Å². The van der Waals surface area contributed by atoms with E-state index in [0.717, 1.165) is 121 Å². The molecule has 9 heteroatoms. The normalized spacial score (nSPS) is 15.3. The monoisotopic (exact) mass is 1690 g/mol. The molecule has 6 aromatic heterocycles. The van der Waals surface area contributed by atoms with Crippen molar-refractivity contribution in [2.45, 2.75) is 157 Å². The highest BCUT2D eigenvalue weighted by molar-refractivity contribution is 7.00. The van der Waals surface area contributed by atoms with Crippen molar-refractivity contribution < 1.29 is 30.8 Å². The van der Waals surface area contributed by atoms with Crippen LogP contribution in [0.1, 0.15) is 180 Å². The Balaban J connectivity index is 0.877. The third-order valence-electron chi connectivity index (χ3n) is 27.5. The average Bonchev–Trinajstić information content (AvgIpc) is 1.67. The van der Waals surface area contributed by atoms with Crippen molar-refractivity contribution in [2.24, 2.45) is 0 Å². The van der Waals surface area contributed by atoms with Crippen molar-refractivity contribution in [1.82, 2.24) is 18.3 Å². The van der Waals surface area contributed by atoms with Gasteiger partial charge in [0, 0.05) is 93.1 Å². The molecule has 0 radical (unpaired) electrons. The molecule has 22 aromatic rings. The van der Waals surface area contributed by atoms with Gasteiger partial charge in [0.1, 0.15) is 0 Å². The lowest BCUT2D eigenvalue weighted by atomic mass is 9.33. The fraction of sp³-hybridized carbons (Fsp3) is 0.200. The van der Waals surface area contributed by atoms with E-state index in [4.69, 9.17) is 11.6 Å². The van der Waals surface area contributed by atoms with Gasteiger partial charge in [0.15, 0.2) is 22.3 Å². The first-order chi connectivity index (χ1) is 68.4. The Kier molecular flexibility index (Phi) is 13.3. The summed E-state index contributed by atoms with van der Waals surface area (Å²) >= 11 is 0. The molecule has 129 heavy (non-hydrogen) atoms.